The summed E-state index contributed by atoms with van der Waals surface area (Å²) >= 11 is 0. The van der Waals surface area contributed by atoms with Crippen LogP contribution in [0.25, 0.3) is 0 Å². The van der Waals surface area contributed by atoms with Gasteiger partial charge in [0.05, 0.1) is 12.8 Å². The van der Waals surface area contributed by atoms with Crippen LogP contribution in [0.5, 0.6) is 0 Å². The molecule has 31 heavy (non-hydrogen) atoms. The molecule has 0 saturated heterocycles. The predicted octanol–water partition coefficient (Wildman–Crippen LogP) is 2.06. The molecule has 0 aliphatic rings. The minimum Gasteiger partial charge on any atom is -0.350 e. The molecule has 0 aromatic heterocycles. The van der Waals surface area contributed by atoms with Crippen molar-refractivity contribution in [3.63, 3.8) is 0 Å². The average molecular weight is 450 g/mol. The Hall–Kier alpha value is -2.78. The van der Waals surface area contributed by atoms with Gasteiger partial charge < -0.3 is 10.2 Å². The first-order valence-corrected chi connectivity index (χ1v) is 11.6. The van der Waals surface area contributed by atoms with Crippen LogP contribution >= 0.6 is 0 Å². The Kier molecular flexibility index (Phi) is 8.29. The molecule has 7 nitrogen and oxygen atoms in total. The molecule has 9 heteroatoms. The van der Waals surface area contributed by atoms with Gasteiger partial charge in [-0.1, -0.05) is 42.0 Å². The Bertz CT molecular complexity index is 1010. The lowest BCUT2D eigenvalue weighted by atomic mass is 10.1. The van der Waals surface area contributed by atoms with Crippen LogP contribution in [0.3, 0.4) is 0 Å². The van der Waals surface area contributed by atoms with E-state index in [-0.39, 0.29) is 12.5 Å². The van der Waals surface area contributed by atoms with Gasteiger partial charge in [-0.15, -0.1) is 0 Å². The van der Waals surface area contributed by atoms with Crippen molar-refractivity contribution in [1.82, 2.24) is 14.5 Å². The summed E-state index contributed by atoms with van der Waals surface area (Å²) in [6.45, 7) is 3.47. The molecule has 1 atom stereocenters. The van der Waals surface area contributed by atoms with Gasteiger partial charge in [-0.25, -0.2) is 12.8 Å². The van der Waals surface area contributed by atoms with Crippen LogP contribution in [0.15, 0.2) is 48.5 Å². The monoisotopic (exact) mass is 449 g/mol. The largest absolute Gasteiger partial charge is 0.350 e. The smallest absolute Gasteiger partial charge is 0.242 e. The number of aryl methyl sites for hydroxylation is 1. The maximum atomic E-state index is 13.2. The summed E-state index contributed by atoms with van der Waals surface area (Å²) in [5.74, 6) is -1.32. The second kappa shape index (κ2) is 10.5. The van der Waals surface area contributed by atoms with Crippen LogP contribution in [0.4, 0.5) is 4.39 Å². The van der Waals surface area contributed by atoms with E-state index in [9.17, 15) is 22.4 Å². The number of hydrogen-bond acceptors (Lipinski definition) is 4. The van der Waals surface area contributed by atoms with Gasteiger partial charge in [-0.3, -0.25) is 9.59 Å². The molecular formula is C22H28FN3O4S. The Morgan fingerprint density at radius 2 is 1.58 bits per heavy atom. The summed E-state index contributed by atoms with van der Waals surface area (Å²) in [5.41, 5.74) is 2.64. The second-order valence-electron chi connectivity index (χ2n) is 7.55. The fourth-order valence-corrected chi connectivity index (χ4v) is 3.16. The minimum absolute atomic E-state index is 0.0375. The number of rotatable bonds is 9. The highest BCUT2D eigenvalue weighted by Gasteiger charge is 2.28. The van der Waals surface area contributed by atoms with Gasteiger partial charge in [-0.05, 0) is 37.1 Å². The van der Waals surface area contributed by atoms with Crippen LogP contribution in [0.1, 0.15) is 23.6 Å². The number of amides is 2. The SMILES string of the molecule is Cc1ccc(CNC(=O)[C@H](C)N(Cc2ccc(F)cc2)C(=O)CN(C)S(C)(=O)=O)cc1. The Labute approximate surface area is 182 Å². The van der Waals surface area contributed by atoms with E-state index in [1.54, 1.807) is 6.92 Å². The molecule has 2 aromatic rings. The normalized spacial score (nSPS) is 12.5. The molecule has 0 spiro atoms. The molecule has 0 aliphatic heterocycles. The van der Waals surface area contributed by atoms with Crippen molar-refractivity contribution in [1.29, 1.82) is 0 Å². The summed E-state index contributed by atoms with van der Waals surface area (Å²) < 4.78 is 37.6. The van der Waals surface area contributed by atoms with Gasteiger partial charge in [0.25, 0.3) is 0 Å². The Morgan fingerprint density at radius 3 is 2.13 bits per heavy atom. The molecule has 0 heterocycles. The number of likely N-dealkylation sites (N-methyl/N-ethyl adjacent to an activating group) is 1. The average Bonchev–Trinajstić information content (AvgIpc) is 2.71. The number of nitrogens with one attached hydrogen (secondary N) is 1. The highest BCUT2D eigenvalue weighted by molar-refractivity contribution is 7.88. The van der Waals surface area contributed by atoms with Crippen molar-refractivity contribution < 1.29 is 22.4 Å². The molecule has 1 N–H and O–H groups in total. The fourth-order valence-electron chi connectivity index (χ4n) is 2.81. The number of hydrogen-bond donors (Lipinski definition) is 1. The van der Waals surface area contributed by atoms with Gasteiger partial charge in [0.15, 0.2) is 0 Å². The minimum atomic E-state index is -3.57. The fraction of sp³-hybridized carbons (Fsp3) is 0.364. The molecule has 0 aliphatic carbocycles. The number of halogens is 1. The van der Waals surface area contributed by atoms with Crippen LogP contribution in [0, 0.1) is 12.7 Å². The standard InChI is InChI=1S/C22H28FN3O4S/c1-16-5-7-18(8-6-16)13-24-22(28)17(2)26(14-19-9-11-20(23)12-10-19)21(27)15-25(3)31(4,29)30/h5-12,17H,13-15H2,1-4H3,(H,24,28)/t17-/m0/s1. The number of carbonyl (C=O) groups excluding carboxylic acids is 2. The third-order valence-corrected chi connectivity index (χ3v) is 6.21. The van der Waals surface area contributed by atoms with E-state index in [0.717, 1.165) is 21.7 Å². The van der Waals surface area contributed by atoms with E-state index in [1.807, 2.05) is 31.2 Å². The van der Waals surface area contributed by atoms with Crippen molar-refractivity contribution in [2.75, 3.05) is 19.8 Å². The second-order valence-corrected chi connectivity index (χ2v) is 9.64. The summed E-state index contributed by atoms with van der Waals surface area (Å²) in [4.78, 5) is 26.9. The van der Waals surface area contributed by atoms with Crippen LogP contribution in [-0.4, -0.2) is 55.3 Å². The van der Waals surface area contributed by atoms with Gasteiger partial charge >= 0.3 is 0 Å². The topological polar surface area (TPSA) is 86.8 Å². The third kappa shape index (κ3) is 7.45. The first-order chi connectivity index (χ1) is 14.5. The summed E-state index contributed by atoms with van der Waals surface area (Å²) in [5, 5.41) is 2.81. The van der Waals surface area contributed by atoms with Gasteiger partial charge in [-0.2, -0.15) is 4.31 Å². The van der Waals surface area contributed by atoms with Crippen molar-refractivity contribution in [3.8, 4) is 0 Å². The van der Waals surface area contributed by atoms with Crippen LogP contribution in [0.2, 0.25) is 0 Å². The zero-order chi connectivity index (χ0) is 23.2. The molecule has 2 amide bonds. The molecule has 0 fully saturated rings. The molecule has 168 valence electrons. The molecule has 2 rings (SSSR count). The summed E-state index contributed by atoms with van der Waals surface area (Å²) in [6, 6.07) is 12.4. The molecule has 2 aromatic carbocycles. The zero-order valence-corrected chi connectivity index (χ0v) is 18.9. The Morgan fingerprint density at radius 1 is 1.03 bits per heavy atom. The lowest BCUT2D eigenvalue weighted by molar-refractivity contribution is -0.140. The van der Waals surface area contributed by atoms with Crippen molar-refractivity contribution in [2.45, 2.75) is 33.0 Å². The predicted molar refractivity (Wildman–Crippen MR) is 117 cm³/mol. The molecule has 0 unspecified atom stereocenters. The quantitative estimate of drug-likeness (QED) is 0.635. The summed E-state index contributed by atoms with van der Waals surface area (Å²) in [6.07, 6.45) is 1.00. The first kappa shape index (κ1) is 24.5. The van der Waals surface area contributed by atoms with E-state index in [2.05, 4.69) is 5.32 Å². The third-order valence-electron chi connectivity index (χ3n) is 4.94. The van der Waals surface area contributed by atoms with E-state index in [1.165, 1.54) is 36.2 Å². The van der Waals surface area contributed by atoms with Crippen molar-refractivity contribution >= 4 is 21.8 Å². The van der Waals surface area contributed by atoms with E-state index >= 15 is 0 Å². The number of carbonyl (C=O) groups is 2. The van der Waals surface area contributed by atoms with E-state index in [4.69, 9.17) is 0 Å². The summed E-state index contributed by atoms with van der Waals surface area (Å²) in [7, 11) is -2.27. The lowest BCUT2D eigenvalue weighted by Gasteiger charge is -2.30. The molecular weight excluding hydrogens is 421 g/mol. The lowest BCUT2D eigenvalue weighted by Crippen LogP contribution is -2.50. The number of nitrogens with zero attached hydrogens (tertiary/aromatic N) is 2. The van der Waals surface area contributed by atoms with Crippen LogP contribution in [-0.2, 0) is 32.7 Å². The van der Waals surface area contributed by atoms with E-state index < -0.39 is 34.3 Å². The maximum Gasteiger partial charge on any atom is 0.242 e. The van der Waals surface area contributed by atoms with Gasteiger partial charge in [0.2, 0.25) is 21.8 Å². The molecule has 0 saturated carbocycles. The van der Waals surface area contributed by atoms with Gasteiger partial charge in [0.1, 0.15) is 11.9 Å². The number of benzene rings is 2. The van der Waals surface area contributed by atoms with Gasteiger partial charge in [0, 0.05) is 20.1 Å². The molecule has 0 radical (unpaired) electrons. The molecule has 0 bridgehead atoms. The van der Waals surface area contributed by atoms with Crippen molar-refractivity contribution in [3.05, 3.63) is 71.0 Å². The zero-order valence-electron chi connectivity index (χ0n) is 18.1. The number of sulfonamides is 1. The van der Waals surface area contributed by atoms with Crippen molar-refractivity contribution in [2.24, 2.45) is 0 Å². The van der Waals surface area contributed by atoms with Crippen LogP contribution < -0.4 is 5.32 Å². The highest BCUT2D eigenvalue weighted by atomic mass is 32.2. The maximum absolute atomic E-state index is 13.2. The van der Waals surface area contributed by atoms with E-state index in [0.29, 0.717) is 12.1 Å². The Balaban J connectivity index is 2.16. The highest BCUT2D eigenvalue weighted by Crippen LogP contribution is 2.12. The first-order valence-electron chi connectivity index (χ1n) is 9.76.